The van der Waals surface area contributed by atoms with E-state index in [1.165, 1.54) is 22.9 Å². The van der Waals surface area contributed by atoms with Crippen LogP contribution in [0.3, 0.4) is 0 Å². The summed E-state index contributed by atoms with van der Waals surface area (Å²) in [6, 6.07) is 21.4. The number of nitrogens with zero attached hydrogens (tertiary/aromatic N) is 5. The molecule has 0 fully saturated rings. The number of benzene rings is 3. The van der Waals surface area contributed by atoms with Crippen LogP contribution < -0.4 is 10.1 Å². The number of non-ortho nitro benzene ring substituents is 1. The van der Waals surface area contributed by atoms with Crippen LogP contribution in [0.5, 0.6) is 11.5 Å². The van der Waals surface area contributed by atoms with Gasteiger partial charge in [0.25, 0.3) is 11.6 Å². The molecule has 1 amide bonds. The number of aromatic nitrogens is 3. The van der Waals surface area contributed by atoms with Crippen molar-refractivity contribution in [2.45, 2.75) is 6.92 Å². The van der Waals surface area contributed by atoms with Gasteiger partial charge in [-0.15, -0.1) is 5.10 Å². The average Bonchev–Trinajstić information content (AvgIpc) is 3.22. The van der Waals surface area contributed by atoms with Crippen molar-refractivity contribution in [1.82, 2.24) is 15.0 Å². The predicted molar refractivity (Wildman–Crippen MR) is 118 cm³/mol. The number of nitro benzene ring substituents is 1. The van der Waals surface area contributed by atoms with E-state index in [9.17, 15) is 14.9 Å². The Morgan fingerprint density at radius 3 is 2.58 bits per heavy atom. The number of nitriles is 1. The lowest BCUT2D eigenvalue weighted by Gasteiger charge is -2.08. The first kappa shape index (κ1) is 21.2. The molecule has 33 heavy (non-hydrogen) atoms. The molecule has 0 unspecified atom stereocenters. The van der Waals surface area contributed by atoms with Gasteiger partial charge < -0.3 is 10.1 Å². The Morgan fingerprint density at radius 2 is 1.85 bits per heavy atom. The van der Waals surface area contributed by atoms with Crippen LogP contribution in [-0.4, -0.2) is 25.8 Å². The molecule has 10 nitrogen and oxygen atoms in total. The fourth-order valence-corrected chi connectivity index (χ4v) is 3.08. The molecule has 0 aliphatic rings. The van der Waals surface area contributed by atoms with Gasteiger partial charge in [-0.1, -0.05) is 17.3 Å². The molecule has 4 aromatic rings. The van der Waals surface area contributed by atoms with Gasteiger partial charge in [0.2, 0.25) is 0 Å². The Morgan fingerprint density at radius 1 is 1.09 bits per heavy atom. The summed E-state index contributed by atoms with van der Waals surface area (Å²) >= 11 is 0. The van der Waals surface area contributed by atoms with Gasteiger partial charge in [0.15, 0.2) is 5.69 Å². The molecule has 0 saturated carbocycles. The van der Waals surface area contributed by atoms with E-state index in [2.05, 4.69) is 21.7 Å². The predicted octanol–water partition coefficient (Wildman–Crippen LogP) is 4.40. The Hall–Kier alpha value is -5.04. The van der Waals surface area contributed by atoms with Gasteiger partial charge in [0, 0.05) is 17.8 Å². The van der Waals surface area contributed by atoms with Crippen LogP contribution in [0.25, 0.3) is 5.69 Å². The summed E-state index contributed by atoms with van der Waals surface area (Å²) in [5.41, 5.74) is 1.87. The van der Waals surface area contributed by atoms with Crippen molar-refractivity contribution < 1.29 is 14.5 Å². The van der Waals surface area contributed by atoms with Crippen molar-refractivity contribution in [3.05, 3.63) is 99.9 Å². The largest absolute Gasteiger partial charge is 0.457 e. The van der Waals surface area contributed by atoms with Gasteiger partial charge in [0.1, 0.15) is 11.5 Å². The van der Waals surface area contributed by atoms with E-state index >= 15 is 0 Å². The van der Waals surface area contributed by atoms with E-state index in [0.29, 0.717) is 34.1 Å². The number of carbonyl (C=O) groups excluding carboxylic acids is 1. The zero-order chi connectivity index (χ0) is 23.4. The molecule has 0 bridgehead atoms. The van der Waals surface area contributed by atoms with Gasteiger partial charge >= 0.3 is 0 Å². The fourth-order valence-electron chi connectivity index (χ4n) is 3.08. The second-order valence-electron chi connectivity index (χ2n) is 6.93. The third kappa shape index (κ3) is 4.67. The number of carbonyl (C=O) groups is 1. The number of nitro groups is 1. The summed E-state index contributed by atoms with van der Waals surface area (Å²) in [4.78, 5) is 23.2. The minimum absolute atomic E-state index is 0.0879. The second kappa shape index (κ2) is 8.99. The van der Waals surface area contributed by atoms with Gasteiger partial charge in [-0.2, -0.15) is 5.26 Å². The Kier molecular flexibility index (Phi) is 5.77. The highest BCUT2D eigenvalue weighted by atomic mass is 16.6. The highest BCUT2D eigenvalue weighted by molar-refractivity contribution is 6.03. The van der Waals surface area contributed by atoms with Gasteiger partial charge in [-0.05, 0) is 55.5 Å². The van der Waals surface area contributed by atoms with Crippen molar-refractivity contribution in [2.24, 2.45) is 0 Å². The van der Waals surface area contributed by atoms with E-state index in [0.717, 1.165) is 0 Å². The average molecular weight is 440 g/mol. The minimum atomic E-state index is -0.503. The summed E-state index contributed by atoms with van der Waals surface area (Å²) in [5.74, 6) is 0.592. The van der Waals surface area contributed by atoms with Crippen LogP contribution >= 0.6 is 0 Å². The maximum absolute atomic E-state index is 12.7. The Labute approximate surface area is 187 Å². The van der Waals surface area contributed by atoms with Crippen molar-refractivity contribution in [2.75, 3.05) is 5.32 Å². The topological polar surface area (TPSA) is 136 Å². The maximum atomic E-state index is 12.7. The smallest absolute Gasteiger partial charge is 0.278 e. The van der Waals surface area contributed by atoms with E-state index in [-0.39, 0.29) is 11.4 Å². The number of amides is 1. The van der Waals surface area contributed by atoms with Gasteiger partial charge in [-0.25, -0.2) is 4.68 Å². The van der Waals surface area contributed by atoms with Gasteiger partial charge in [0.05, 0.1) is 27.9 Å². The molecule has 162 valence electrons. The van der Waals surface area contributed by atoms with Crippen LogP contribution in [0.1, 0.15) is 21.7 Å². The summed E-state index contributed by atoms with van der Waals surface area (Å²) < 4.78 is 7.10. The first-order chi connectivity index (χ1) is 15.9. The molecule has 1 aromatic heterocycles. The third-order valence-corrected chi connectivity index (χ3v) is 4.71. The number of hydrogen-bond donors (Lipinski definition) is 1. The van der Waals surface area contributed by atoms with Crippen molar-refractivity contribution in [1.29, 1.82) is 5.26 Å². The number of ether oxygens (including phenoxy) is 1. The van der Waals surface area contributed by atoms with Crippen LogP contribution in [-0.2, 0) is 0 Å². The number of nitrogens with one attached hydrogen (secondary N) is 1. The second-order valence-corrected chi connectivity index (χ2v) is 6.93. The van der Waals surface area contributed by atoms with E-state index in [1.54, 1.807) is 61.5 Å². The minimum Gasteiger partial charge on any atom is -0.457 e. The Balaban J connectivity index is 1.47. The van der Waals surface area contributed by atoms with E-state index in [4.69, 9.17) is 10.00 Å². The zero-order valence-corrected chi connectivity index (χ0v) is 17.3. The maximum Gasteiger partial charge on any atom is 0.278 e. The van der Waals surface area contributed by atoms with Crippen LogP contribution in [0.15, 0.2) is 72.8 Å². The molecule has 0 atom stereocenters. The molecule has 4 rings (SSSR count). The molecular formula is C23H16N6O4. The van der Waals surface area contributed by atoms with E-state index in [1.807, 2.05) is 0 Å². The van der Waals surface area contributed by atoms with Crippen molar-refractivity contribution >= 4 is 17.3 Å². The number of rotatable bonds is 6. The van der Waals surface area contributed by atoms with Crippen LogP contribution in [0, 0.1) is 28.4 Å². The molecule has 0 spiro atoms. The lowest BCUT2D eigenvalue weighted by molar-refractivity contribution is -0.384. The molecule has 0 aliphatic carbocycles. The highest BCUT2D eigenvalue weighted by Gasteiger charge is 2.18. The zero-order valence-electron chi connectivity index (χ0n) is 17.3. The molecule has 0 radical (unpaired) electrons. The summed E-state index contributed by atoms with van der Waals surface area (Å²) in [5, 5.41) is 30.6. The molecule has 1 N–H and O–H groups in total. The SMILES string of the molecule is Cc1c(C(=O)Nc2ccc(Oc3cccc(C#N)c3)cc2)nnn1-c1cccc([N+](=O)[O-])c1. The summed E-state index contributed by atoms with van der Waals surface area (Å²) in [6.45, 7) is 1.65. The number of hydrogen-bond acceptors (Lipinski definition) is 7. The fraction of sp³-hybridized carbons (Fsp3) is 0.0435. The Bertz CT molecular complexity index is 1390. The third-order valence-electron chi connectivity index (χ3n) is 4.71. The molecule has 10 heteroatoms. The van der Waals surface area contributed by atoms with Crippen molar-refractivity contribution in [3.8, 4) is 23.3 Å². The van der Waals surface area contributed by atoms with Crippen molar-refractivity contribution in [3.63, 3.8) is 0 Å². The lowest BCUT2D eigenvalue weighted by atomic mass is 10.2. The van der Waals surface area contributed by atoms with E-state index < -0.39 is 10.8 Å². The highest BCUT2D eigenvalue weighted by Crippen LogP contribution is 2.24. The molecule has 0 aliphatic heterocycles. The normalized spacial score (nSPS) is 10.3. The molecule has 0 saturated heterocycles. The standard InChI is InChI=1S/C23H16N6O4/c1-15-22(26-27-28(15)18-5-3-6-19(13-18)29(31)32)23(30)25-17-8-10-20(11-9-17)33-21-7-2-4-16(12-21)14-24/h2-13H,1H3,(H,25,30). The monoisotopic (exact) mass is 440 g/mol. The lowest BCUT2D eigenvalue weighted by Crippen LogP contribution is -2.14. The van der Waals surface area contributed by atoms with Crippen LogP contribution in [0.4, 0.5) is 11.4 Å². The quantitative estimate of drug-likeness (QED) is 0.347. The van der Waals surface area contributed by atoms with Gasteiger partial charge in [-0.3, -0.25) is 14.9 Å². The first-order valence-electron chi connectivity index (χ1n) is 9.71. The van der Waals surface area contributed by atoms with Crippen LogP contribution in [0.2, 0.25) is 0 Å². The summed E-state index contributed by atoms with van der Waals surface area (Å²) in [6.07, 6.45) is 0. The molecule has 3 aromatic carbocycles. The molecular weight excluding hydrogens is 424 g/mol. The molecule has 1 heterocycles. The summed E-state index contributed by atoms with van der Waals surface area (Å²) in [7, 11) is 0. The first-order valence-corrected chi connectivity index (χ1v) is 9.71. The number of anilines is 1.